The molecule has 0 spiro atoms. The van der Waals surface area contributed by atoms with E-state index in [2.05, 4.69) is 41.3 Å². The molecule has 1 aromatic carbocycles. The third-order valence-electron chi connectivity index (χ3n) is 6.91. The number of anilines is 1. The molecule has 1 fully saturated rings. The second-order valence-corrected chi connectivity index (χ2v) is 11.1. The van der Waals surface area contributed by atoms with Crippen LogP contribution in [0, 0.1) is 13.8 Å². The van der Waals surface area contributed by atoms with Crippen LogP contribution in [-0.4, -0.2) is 65.5 Å². The molecule has 0 radical (unpaired) electrons. The molecular weight excluding hydrogens is 581 g/mol. The van der Waals surface area contributed by atoms with Crippen LogP contribution in [0.3, 0.4) is 0 Å². The fraction of sp³-hybridized carbons (Fsp3) is 0.321. The van der Waals surface area contributed by atoms with Crippen LogP contribution in [0.2, 0.25) is 0 Å². The normalized spacial score (nSPS) is 18.8. The van der Waals surface area contributed by atoms with E-state index in [0.29, 0.717) is 27.1 Å². The number of likely N-dealkylation sites (tertiary alicyclic amines) is 1. The summed E-state index contributed by atoms with van der Waals surface area (Å²) in [5.74, 6) is -0.306. The van der Waals surface area contributed by atoms with Gasteiger partial charge < -0.3 is 10.2 Å². The van der Waals surface area contributed by atoms with Crippen LogP contribution >= 0.6 is 15.9 Å². The Morgan fingerprint density at radius 3 is 2.55 bits per heavy atom. The maximum Gasteiger partial charge on any atom is 0.248 e. The van der Waals surface area contributed by atoms with Crippen LogP contribution in [0.1, 0.15) is 42.1 Å². The molecule has 0 aliphatic carbocycles. The zero-order valence-corrected chi connectivity index (χ0v) is 24.0. The lowest BCUT2D eigenvalue weighted by atomic mass is 10.0. The number of ketones is 1. The number of alkyl halides is 1. The highest BCUT2D eigenvalue weighted by Gasteiger charge is 2.46. The van der Waals surface area contributed by atoms with Crippen LogP contribution < -0.4 is 5.32 Å². The van der Waals surface area contributed by atoms with E-state index in [1.165, 1.54) is 23.4 Å². The first kappa shape index (κ1) is 27.5. The van der Waals surface area contributed by atoms with Gasteiger partial charge in [-0.15, -0.1) is 0 Å². The molecule has 2 amide bonds. The number of amides is 2. The van der Waals surface area contributed by atoms with Crippen molar-refractivity contribution in [2.75, 3.05) is 11.9 Å². The topological polar surface area (TPSA) is 123 Å². The van der Waals surface area contributed by atoms with Crippen molar-refractivity contribution < 1.29 is 18.8 Å². The van der Waals surface area contributed by atoms with Gasteiger partial charge in [-0.1, -0.05) is 12.1 Å². The Morgan fingerprint density at radius 2 is 1.85 bits per heavy atom. The van der Waals surface area contributed by atoms with Crippen LogP contribution in [0.25, 0.3) is 22.0 Å². The quantitative estimate of drug-likeness (QED) is 0.254. The Balaban J connectivity index is 1.43. The molecule has 1 N–H and O–H groups in total. The molecule has 40 heavy (non-hydrogen) atoms. The van der Waals surface area contributed by atoms with Crippen LogP contribution in [0.4, 0.5) is 10.2 Å². The Hall–Kier alpha value is -4.06. The van der Waals surface area contributed by atoms with Crippen molar-refractivity contribution in [1.82, 2.24) is 29.6 Å². The summed E-state index contributed by atoms with van der Waals surface area (Å²) in [7, 11) is 0. The summed E-state index contributed by atoms with van der Waals surface area (Å²) >= 11 is 3.29. The molecule has 12 heteroatoms. The van der Waals surface area contributed by atoms with E-state index in [1.54, 1.807) is 44.4 Å². The summed E-state index contributed by atoms with van der Waals surface area (Å²) in [5.41, 5.74) is 1.31. The fourth-order valence-corrected chi connectivity index (χ4v) is 5.18. The van der Waals surface area contributed by atoms with Crippen molar-refractivity contribution in [2.45, 2.75) is 52.4 Å². The van der Waals surface area contributed by atoms with Gasteiger partial charge in [0.2, 0.25) is 11.8 Å². The minimum atomic E-state index is -1.75. The summed E-state index contributed by atoms with van der Waals surface area (Å²) in [6.07, 6.45) is 3.24. The van der Waals surface area contributed by atoms with Gasteiger partial charge in [-0.3, -0.25) is 19.1 Å². The lowest BCUT2D eigenvalue weighted by molar-refractivity contribution is -0.137. The molecule has 4 heterocycles. The smallest absolute Gasteiger partial charge is 0.248 e. The first-order valence-electron chi connectivity index (χ1n) is 12.6. The van der Waals surface area contributed by atoms with Crippen molar-refractivity contribution in [3.05, 3.63) is 64.4 Å². The lowest BCUT2D eigenvalue weighted by Crippen LogP contribution is -2.45. The van der Waals surface area contributed by atoms with E-state index in [1.807, 2.05) is 12.1 Å². The number of pyridine rings is 1. The first-order valence-corrected chi connectivity index (χ1v) is 13.4. The summed E-state index contributed by atoms with van der Waals surface area (Å²) in [6.45, 7) is 5.84. The third kappa shape index (κ3) is 5.48. The number of nitrogens with zero attached hydrogens (tertiary/aromatic N) is 6. The molecule has 10 nitrogen and oxygen atoms in total. The standard InChI is InChI=1S/C28H27BrFN7O3/c1-15-5-8-23(29)33-26(15)34-27(40)22-10-28(4,30)14-36(22)24(39)13-37-21-7-6-18(19-11-31-17(3)32-12-19)9-20(21)25(35-37)16(2)38/h5-9,11-12,22H,10,13-14H2,1-4H3,(H,33,34,40)/t22-,28+/m0/s1. The number of carbonyl (C=O) groups excluding carboxylic acids is 3. The van der Waals surface area contributed by atoms with E-state index < -0.39 is 23.5 Å². The Morgan fingerprint density at radius 1 is 1.12 bits per heavy atom. The average Bonchev–Trinajstić information content (AvgIpc) is 3.43. The van der Waals surface area contributed by atoms with E-state index in [0.717, 1.165) is 16.7 Å². The molecular formula is C28H27BrFN7O3. The summed E-state index contributed by atoms with van der Waals surface area (Å²) < 4.78 is 17.1. The van der Waals surface area contributed by atoms with Gasteiger partial charge >= 0.3 is 0 Å². The van der Waals surface area contributed by atoms with Gasteiger partial charge in [-0.2, -0.15) is 5.10 Å². The van der Waals surface area contributed by atoms with Crippen LogP contribution in [0.5, 0.6) is 0 Å². The SMILES string of the molecule is CC(=O)c1nn(CC(=O)N2C[C@](C)(F)C[C@H]2C(=O)Nc2nc(Br)ccc2C)c2ccc(-c3cnc(C)nc3)cc12. The summed E-state index contributed by atoms with van der Waals surface area (Å²) in [6, 6.07) is 7.91. The van der Waals surface area contributed by atoms with Crippen molar-refractivity contribution in [3.8, 4) is 11.1 Å². The highest BCUT2D eigenvalue weighted by atomic mass is 79.9. The molecule has 1 saturated heterocycles. The molecule has 0 saturated carbocycles. The van der Waals surface area contributed by atoms with E-state index >= 15 is 4.39 Å². The van der Waals surface area contributed by atoms with Crippen molar-refractivity contribution in [2.24, 2.45) is 0 Å². The van der Waals surface area contributed by atoms with Gasteiger partial charge in [-0.25, -0.2) is 19.3 Å². The summed E-state index contributed by atoms with van der Waals surface area (Å²) in [4.78, 5) is 53.2. The molecule has 1 aliphatic rings. The van der Waals surface area contributed by atoms with Gasteiger partial charge in [0, 0.05) is 36.7 Å². The first-order chi connectivity index (χ1) is 18.9. The number of hydrogen-bond donors (Lipinski definition) is 1. The van der Waals surface area contributed by atoms with Crippen molar-refractivity contribution in [1.29, 1.82) is 0 Å². The van der Waals surface area contributed by atoms with E-state index in [9.17, 15) is 14.4 Å². The number of carbonyl (C=O) groups is 3. The third-order valence-corrected chi connectivity index (χ3v) is 7.35. The number of fused-ring (bicyclic) bond motifs is 1. The Bertz CT molecular complexity index is 1650. The Kier molecular flexibility index (Phi) is 7.21. The van der Waals surface area contributed by atoms with Crippen LogP contribution in [0.15, 0.2) is 47.3 Å². The molecule has 4 aromatic rings. The molecule has 206 valence electrons. The second kappa shape index (κ2) is 10.5. The zero-order valence-electron chi connectivity index (χ0n) is 22.4. The number of benzene rings is 1. The van der Waals surface area contributed by atoms with E-state index in [4.69, 9.17) is 0 Å². The number of aromatic nitrogens is 5. The number of halogens is 2. The monoisotopic (exact) mass is 607 g/mol. The highest BCUT2D eigenvalue weighted by molar-refractivity contribution is 9.10. The number of rotatable bonds is 6. The highest BCUT2D eigenvalue weighted by Crippen LogP contribution is 2.32. The van der Waals surface area contributed by atoms with Gasteiger partial charge in [0.25, 0.3) is 0 Å². The Labute approximate surface area is 238 Å². The molecule has 3 aromatic heterocycles. The van der Waals surface area contributed by atoms with Crippen molar-refractivity contribution >= 4 is 50.2 Å². The minimum Gasteiger partial charge on any atom is -0.326 e. The maximum atomic E-state index is 15.2. The molecule has 1 aliphatic heterocycles. The maximum absolute atomic E-state index is 15.2. The van der Waals surface area contributed by atoms with Crippen LogP contribution in [-0.2, 0) is 16.1 Å². The number of aryl methyl sites for hydroxylation is 2. The predicted octanol–water partition coefficient (Wildman–Crippen LogP) is 4.44. The number of hydrogen-bond acceptors (Lipinski definition) is 7. The largest absolute Gasteiger partial charge is 0.326 e. The fourth-order valence-electron chi connectivity index (χ4n) is 4.87. The van der Waals surface area contributed by atoms with Gasteiger partial charge in [0.15, 0.2) is 5.78 Å². The van der Waals surface area contributed by atoms with E-state index in [-0.39, 0.29) is 31.0 Å². The summed E-state index contributed by atoms with van der Waals surface area (Å²) in [5, 5.41) is 7.73. The lowest BCUT2D eigenvalue weighted by Gasteiger charge is -2.24. The van der Waals surface area contributed by atoms with Gasteiger partial charge in [-0.05, 0) is 66.0 Å². The molecule has 0 unspecified atom stereocenters. The van der Waals surface area contributed by atoms with Gasteiger partial charge in [0.05, 0.1) is 12.1 Å². The molecule has 2 atom stereocenters. The molecule has 0 bridgehead atoms. The second-order valence-electron chi connectivity index (χ2n) is 10.3. The number of nitrogens with one attached hydrogen (secondary N) is 1. The minimum absolute atomic E-state index is 0.155. The van der Waals surface area contributed by atoms with Gasteiger partial charge in [0.1, 0.15) is 40.2 Å². The van der Waals surface area contributed by atoms with Crippen molar-refractivity contribution in [3.63, 3.8) is 0 Å². The zero-order chi connectivity index (χ0) is 28.8. The number of Topliss-reactive ketones (excluding diaryl/α,β-unsaturated/α-hetero) is 1. The predicted molar refractivity (Wildman–Crippen MR) is 150 cm³/mol. The average molecular weight is 608 g/mol. The molecule has 5 rings (SSSR count).